The molecule has 11 rings (SSSR count). The van der Waals surface area contributed by atoms with Crippen LogP contribution < -0.4 is 5.32 Å². The number of nitrogens with zero attached hydrogens (tertiary/aromatic N) is 3. The number of para-hydroxylation sites is 3. The number of fused-ring (bicyclic) bond motifs is 9. The fourth-order valence-corrected chi connectivity index (χ4v) is 9.40. The van der Waals surface area contributed by atoms with E-state index in [2.05, 4.69) is 172 Å². The zero-order valence-corrected chi connectivity index (χ0v) is 28.6. The van der Waals surface area contributed by atoms with Gasteiger partial charge in [-0.3, -0.25) is 0 Å². The van der Waals surface area contributed by atoms with Crippen LogP contribution in [0.15, 0.2) is 163 Å². The zero-order chi connectivity index (χ0) is 33.5. The number of hydrogen-bond donors (Lipinski definition) is 1. The molecule has 1 atom stereocenters. The molecule has 0 bridgehead atoms. The summed E-state index contributed by atoms with van der Waals surface area (Å²) in [5.41, 5.74) is 10.8. The summed E-state index contributed by atoms with van der Waals surface area (Å²) in [4.78, 5) is 6.54. The lowest BCUT2D eigenvalue weighted by Crippen LogP contribution is -2.32. The lowest BCUT2D eigenvalue weighted by molar-refractivity contribution is 0.778. The van der Waals surface area contributed by atoms with Crippen molar-refractivity contribution in [3.63, 3.8) is 0 Å². The van der Waals surface area contributed by atoms with Gasteiger partial charge in [-0.25, -0.2) is 4.99 Å². The van der Waals surface area contributed by atoms with Crippen molar-refractivity contribution in [3.8, 4) is 16.8 Å². The van der Waals surface area contributed by atoms with Crippen LogP contribution in [0.5, 0.6) is 0 Å². The minimum absolute atomic E-state index is 0.178. The molecular formula is C46H32N4S. The smallest absolute Gasteiger partial charge is 0.110 e. The lowest BCUT2D eigenvalue weighted by atomic mass is 9.96. The SMILES string of the molecule is C1=CC(n2c3ccccc3c3cc(-c4ccc5c(c4)c4ccccc4n5-c4ccccc4)ccc32)=CC(C2=Nc3c(sc4ccccc34)CN2)C1. The van der Waals surface area contributed by atoms with E-state index in [1.54, 1.807) is 0 Å². The first kappa shape index (κ1) is 28.6. The maximum Gasteiger partial charge on any atom is 0.110 e. The molecule has 51 heavy (non-hydrogen) atoms. The van der Waals surface area contributed by atoms with Crippen LogP contribution in [0, 0.1) is 5.92 Å². The molecule has 1 unspecified atom stereocenters. The topological polar surface area (TPSA) is 34.2 Å². The van der Waals surface area contributed by atoms with E-state index >= 15 is 0 Å². The molecule has 1 aliphatic carbocycles. The Morgan fingerprint density at radius 3 is 1.94 bits per heavy atom. The molecule has 242 valence electrons. The third-order valence-corrected chi connectivity index (χ3v) is 11.8. The summed E-state index contributed by atoms with van der Waals surface area (Å²) in [5, 5.41) is 9.98. The van der Waals surface area contributed by atoms with Crippen molar-refractivity contribution >= 4 is 82.3 Å². The zero-order valence-electron chi connectivity index (χ0n) is 27.8. The van der Waals surface area contributed by atoms with Crippen LogP contribution in [0.1, 0.15) is 11.3 Å². The van der Waals surface area contributed by atoms with E-state index < -0.39 is 0 Å². The fourth-order valence-electron chi connectivity index (χ4n) is 8.31. The molecule has 1 aliphatic heterocycles. The highest BCUT2D eigenvalue weighted by Gasteiger charge is 2.24. The van der Waals surface area contributed by atoms with Gasteiger partial charge < -0.3 is 14.5 Å². The van der Waals surface area contributed by atoms with E-state index in [4.69, 9.17) is 4.99 Å². The number of aromatic nitrogens is 2. The number of benzene rings is 6. The Bertz CT molecular complexity index is 2950. The molecule has 0 spiro atoms. The van der Waals surface area contributed by atoms with Crippen LogP contribution in [-0.4, -0.2) is 15.0 Å². The van der Waals surface area contributed by atoms with Crippen molar-refractivity contribution in [2.75, 3.05) is 0 Å². The van der Waals surface area contributed by atoms with Crippen LogP contribution in [0.3, 0.4) is 0 Å². The lowest BCUT2D eigenvalue weighted by Gasteiger charge is -2.24. The second kappa shape index (κ2) is 11.2. The van der Waals surface area contributed by atoms with Crippen molar-refractivity contribution in [1.82, 2.24) is 14.5 Å². The summed E-state index contributed by atoms with van der Waals surface area (Å²) in [5.74, 6) is 1.23. The van der Waals surface area contributed by atoms with Gasteiger partial charge >= 0.3 is 0 Å². The molecule has 0 saturated carbocycles. The maximum atomic E-state index is 5.23. The van der Waals surface area contributed by atoms with E-state index in [0.29, 0.717) is 0 Å². The summed E-state index contributed by atoms with van der Waals surface area (Å²) < 4.78 is 6.11. The van der Waals surface area contributed by atoms with E-state index in [1.165, 1.54) is 81.1 Å². The molecule has 0 fully saturated rings. The van der Waals surface area contributed by atoms with Gasteiger partial charge in [0, 0.05) is 48.9 Å². The number of nitrogens with one attached hydrogen (secondary N) is 1. The van der Waals surface area contributed by atoms with Gasteiger partial charge in [0.25, 0.3) is 0 Å². The summed E-state index contributed by atoms with van der Waals surface area (Å²) in [6, 6.07) is 50.7. The first-order chi connectivity index (χ1) is 25.3. The summed E-state index contributed by atoms with van der Waals surface area (Å²) in [6.45, 7) is 0.827. The molecule has 4 nitrogen and oxygen atoms in total. The Balaban J connectivity index is 1.03. The van der Waals surface area contributed by atoms with Gasteiger partial charge in [-0.05, 0) is 84.3 Å². The Hall–Kier alpha value is -6.17. The Labute approximate surface area is 298 Å². The highest BCUT2D eigenvalue weighted by Crippen LogP contribution is 2.42. The number of amidine groups is 1. The molecule has 1 N–H and O–H groups in total. The van der Waals surface area contributed by atoms with Crippen molar-refractivity contribution in [3.05, 3.63) is 163 Å². The minimum atomic E-state index is 0.178. The normalized spacial score (nSPS) is 15.8. The molecule has 0 saturated heterocycles. The van der Waals surface area contributed by atoms with Crippen molar-refractivity contribution in [2.45, 2.75) is 13.0 Å². The van der Waals surface area contributed by atoms with Crippen molar-refractivity contribution < 1.29 is 0 Å². The van der Waals surface area contributed by atoms with Gasteiger partial charge in [-0.1, -0.05) is 91.0 Å². The Morgan fingerprint density at radius 2 is 1.20 bits per heavy atom. The second-order valence-electron chi connectivity index (χ2n) is 13.6. The molecule has 5 heteroatoms. The molecule has 2 aliphatic rings. The largest absolute Gasteiger partial charge is 0.368 e. The standard InChI is InChI=1S/C46H32N4S/c1-2-12-32(13-3-1)49-39-18-7-4-15-34(39)37-26-29(21-23-41(37)49)30-22-24-42-38(27-30)35-16-5-8-19-40(35)50(42)33-14-10-11-31(25-33)46-47-28-44-45(48-46)36-17-6-9-20-43(36)51-44/h1-10,12-27,31H,11,28H2,(H,47,48). The summed E-state index contributed by atoms with van der Waals surface area (Å²) in [6.07, 6.45) is 7.92. The van der Waals surface area contributed by atoms with Gasteiger partial charge in [-0.15, -0.1) is 11.3 Å². The van der Waals surface area contributed by atoms with E-state index in [0.717, 1.165) is 24.5 Å². The Kier molecular flexibility index (Phi) is 6.28. The van der Waals surface area contributed by atoms with E-state index in [-0.39, 0.29) is 5.92 Å². The molecule has 3 aromatic heterocycles. The van der Waals surface area contributed by atoms with Crippen LogP contribution in [0.2, 0.25) is 0 Å². The quantitative estimate of drug-likeness (QED) is 0.198. The average molecular weight is 673 g/mol. The predicted octanol–water partition coefficient (Wildman–Crippen LogP) is 12.0. The second-order valence-corrected chi connectivity index (χ2v) is 14.7. The van der Waals surface area contributed by atoms with Gasteiger partial charge in [0.1, 0.15) is 5.84 Å². The number of aliphatic imine (C=N–C) groups is 1. The molecule has 6 aromatic carbocycles. The van der Waals surface area contributed by atoms with Gasteiger partial charge in [-0.2, -0.15) is 0 Å². The van der Waals surface area contributed by atoms with Gasteiger partial charge in [0.05, 0.1) is 39.2 Å². The van der Waals surface area contributed by atoms with Crippen molar-refractivity contribution in [1.29, 1.82) is 0 Å². The first-order valence-electron chi connectivity index (χ1n) is 17.6. The molecule has 4 heterocycles. The minimum Gasteiger partial charge on any atom is -0.368 e. The third kappa shape index (κ3) is 4.41. The first-order valence-corrected chi connectivity index (χ1v) is 18.4. The van der Waals surface area contributed by atoms with Crippen molar-refractivity contribution in [2.24, 2.45) is 10.9 Å². The highest BCUT2D eigenvalue weighted by molar-refractivity contribution is 7.19. The van der Waals surface area contributed by atoms with Crippen LogP contribution in [-0.2, 0) is 6.54 Å². The third-order valence-electron chi connectivity index (χ3n) is 10.7. The van der Waals surface area contributed by atoms with Crippen LogP contribution in [0.4, 0.5) is 5.69 Å². The molecule has 0 radical (unpaired) electrons. The van der Waals surface area contributed by atoms with E-state index in [9.17, 15) is 0 Å². The summed E-state index contributed by atoms with van der Waals surface area (Å²) >= 11 is 1.85. The number of hydrogen-bond acceptors (Lipinski definition) is 3. The maximum absolute atomic E-state index is 5.23. The summed E-state index contributed by atoms with van der Waals surface area (Å²) in [7, 11) is 0. The number of allylic oxidation sites excluding steroid dienone is 3. The monoisotopic (exact) mass is 672 g/mol. The molecule has 0 amide bonds. The number of thiophene rings is 1. The average Bonchev–Trinajstić information content (AvgIpc) is 3.85. The van der Waals surface area contributed by atoms with Crippen LogP contribution in [0.25, 0.3) is 76.2 Å². The molecule has 9 aromatic rings. The Morgan fingerprint density at radius 1 is 0.588 bits per heavy atom. The predicted molar refractivity (Wildman–Crippen MR) is 216 cm³/mol. The van der Waals surface area contributed by atoms with Crippen LogP contribution >= 0.6 is 11.3 Å². The fraction of sp³-hybridized carbons (Fsp3) is 0.0652. The van der Waals surface area contributed by atoms with Gasteiger partial charge in [0.2, 0.25) is 0 Å². The molecular weight excluding hydrogens is 641 g/mol. The number of rotatable bonds is 4. The van der Waals surface area contributed by atoms with Gasteiger partial charge in [0.15, 0.2) is 0 Å². The highest BCUT2D eigenvalue weighted by atomic mass is 32.1. The van der Waals surface area contributed by atoms with E-state index in [1.807, 2.05) is 11.3 Å².